The highest BCUT2D eigenvalue weighted by Crippen LogP contribution is 2.35. The van der Waals surface area contributed by atoms with Crippen LogP contribution in [0.3, 0.4) is 0 Å². The molecule has 1 aromatic rings. The maximum Gasteiger partial charge on any atom is 0.0328 e. The van der Waals surface area contributed by atoms with Crippen LogP contribution in [0.25, 0.3) is 0 Å². The monoisotopic (exact) mass is 267 g/mol. The van der Waals surface area contributed by atoms with Gasteiger partial charge in [-0.15, -0.1) is 12.4 Å². The highest BCUT2D eigenvalue weighted by atomic mass is 35.5. The second kappa shape index (κ2) is 6.58. The van der Waals surface area contributed by atoms with Gasteiger partial charge in [-0.3, -0.25) is 0 Å². The van der Waals surface area contributed by atoms with Crippen LogP contribution in [-0.4, -0.2) is 0 Å². The summed E-state index contributed by atoms with van der Waals surface area (Å²) in [6, 6.07) is 4.78. The van der Waals surface area contributed by atoms with Gasteiger partial charge in [0.2, 0.25) is 0 Å². The second-order valence-electron chi connectivity index (χ2n) is 5.74. The van der Waals surface area contributed by atoms with Gasteiger partial charge >= 0.3 is 0 Å². The Balaban J connectivity index is 0.00000162. The van der Waals surface area contributed by atoms with E-state index in [9.17, 15) is 0 Å². The lowest BCUT2D eigenvalue weighted by molar-refractivity contribution is 0.307. The molecule has 0 bridgehead atoms. The standard InChI is InChI=1S/C16H25N.ClH/c1-11-9-12(2)15(13(3)10-11)16(17)14-7-5-4-6-8-14;/h9-10,14,16H,4-8,17H2,1-3H3;1H/t16-;/m0./s1. The predicted molar refractivity (Wildman–Crippen MR) is 81.4 cm³/mol. The first-order valence-corrected chi connectivity index (χ1v) is 6.93. The highest BCUT2D eigenvalue weighted by Gasteiger charge is 2.24. The Labute approximate surface area is 118 Å². The minimum atomic E-state index is 0. The Hall–Kier alpha value is -0.530. The Bertz CT molecular complexity index is 371. The van der Waals surface area contributed by atoms with E-state index in [4.69, 9.17) is 5.73 Å². The number of halogens is 1. The zero-order chi connectivity index (χ0) is 12.4. The summed E-state index contributed by atoms with van der Waals surface area (Å²) in [5.74, 6) is 0.698. The molecule has 1 nitrogen and oxygen atoms in total. The minimum Gasteiger partial charge on any atom is -0.324 e. The van der Waals surface area contributed by atoms with Crippen LogP contribution in [-0.2, 0) is 0 Å². The van der Waals surface area contributed by atoms with Gasteiger partial charge in [-0.2, -0.15) is 0 Å². The zero-order valence-electron chi connectivity index (χ0n) is 11.8. The van der Waals surface area contributed by atoms with Crippen LogP contribution in [0, 0.1) is 26.7 Å². The summed E-state index contributed by atoms with van der Waals surface area (Å²) in [5, 5.41) is 0. The number of benzene rings is 1. The molecule has 0 radical (unpaired) electrons. The Kier molecular flexibility index (Phi) is 5.68. The van der Waals surface area contributed by atoms with Gasteiger partial charge in [0.05, 0.1) is 0 Å². The highest BCUT2D eigenvalue weighted by molar-refractivity contribution is 5.85. The van der Waals surface area contributed by atoms with E-state index in [1.165, 1.54) is 54.4 Å². The fourth-order valence-electron chi connectivity index (χ4n) is 3.45. The van der Waals surface area contributed by atoms with Crippen molar-refractivity contribution in [2.45, 2.75) is 58.9 Å². The first kappa shape index (κ1) is 15.5. The van der Waals surface area contributed by atoms with Crippen LogP contribution in [0.1, 0.15) is 60.4 Å². The fraction of sp³-hybridized carbons (Fsp3) is 0.625. The summed E-state index contributed by atoms with van der Waals surface area (Å²) < 4.78 is 0. The van der Waals surface area contributed by atoms with Gasteiger partial charge in [0.25, 0.3) is 0 Å². The van der Waals surface area contributed by atoms with Gasteiger partial charge in [-0.25, -0.2) is 0 Å². The van der Waals surface area contributed by atoms with Crippen molar-refractivity contribution in [1.82, 2.24) is 0 Å². The number of nitrogens with two attached hydrogens (primary N) is 1. The third kappa shape index (κ3) is 3.27. The second-order valence-corrected chi connectivity index (χ2v) is 5.74. The summed E-state index contributed by atoms with van der Waals surface area (Å²) in [4.78, 5) is 0. The summed E-state index contributed by atoms with van der Waals surface area (Å²) in [6.07, 6.45) is 6.75. The van der Waals surface area contributed by atoms with Crippen LogP contribution in [0.2, 0.25) is 0 Å². The molecule has 1 aliphatic rings. The van der Waals surface area contributed by atoms with Gasteiger partial charge < -0.3 is 5.73 Å². The molecule has 1 atom stereocenters. The zero-order valence-corrected chi connectivity index (χ0v) is 12.6. The van der Waals surface area contributed by atoms with Crippen molar-refractivity contribution in [2.75, 3.05) is 0 Å². The molecule has 0 saturated heterocycles. The molecule has 1 saturated carbocycles. The van der Waals surface area contributed by atoms with Crippen molar-refractivity contribution in [1.29, 1.82) is 0 Å². The maximum absolute atomic E-state index is 6.52. The average molecular weight is 268 g/mol. The van der Waals surface area contributed by atoms with Gasteiger partial charge in [-0.1, -0.05) is 37.0 Å². The molecule has 0 spiro atoms. The van der Waals surface area contributed by atoms with E-state index >= 15 is 0 Å². The normalized spacial score (nSPS) is 18.2. The first-order valence-electron chi connectivity index (χ1n) is 6.93. The van der Waals surface area contributed by atoms with Crippen molar-refractivity contribution < 1.29 is 0 Å². The maximum atomic E-state index is 6.52. The lowest BCUT2D eigenvalue weighted by Gasteiger charge is -2.30. The topological polar surface area (TPSA) is 26.0 Å². The third-order valence-corrected chi connectivity index (χ3v) is 4.23. The van der Waals surface area contributed by atoms with Crippen LogP contribution in [0.4, 0.5) is 0 Å². The molecule has 0 amide bonds. The Morgan fingerprint density at radius 2 is 1.50 bits per heavy atom. The summed E-state index contributed by atoms with van der Waals surface area (Å²) >= 11 is 0. The predicted octanol–water partition coefficient (Wildman–Crippen LogP) is 4.61. The Morgan fingerprint density at radius 1 is 1.00 bits per heavy atom. The molecule has 0 heterocycles. The molecule has 0 aliphatic heterocycles. The molecular weight excluding hydrogens is 242 g/mol. The molecule has 2 rings (SSSR count). The molecule has 1 aliphatic carbocycles. The molecule has 1 aromatic carbocycles. The molecule has 2 N–H and O–H groups in total. The molecule has 0 unspecified atom stereocenters. The minimum absolute atomic E-state index is 0. The van der Waals surface area contributed by atoms with Crippen LogP contribution in [0.15, 0.2) is 12.1 Å². The molecule has 102 valence electrons. The fourth-order valence-corrected chi connectivity index (χ4v) is 3.45. The summed E-state index contributed by atoms with van der Waals surface area (Å²) in [7, 11) is 0. The quantitative estimate of drug-likeness (QED) is 0.832. The van der Waals surface area contributed by atoms with E-state index < -0.39 is 0 Å². The number of rotatable bonds is 2. The number of hydrogen-bond donors (Lipinski definition) is 1. The van der Waals surface area contributed by atoms with E-state index in [-0.39, 0.29) is 18.4 Å². The van der Waals surface area contributed by atoms with Gasteiger partial charge in [0.15, 0.2) is 0 Å². The largest absolute Gasteiger partial charge is 0.324 e. The van der Waals surface area contributed by atoms with E-state index in [1.807, 2.05) is 0 Å². The average Bonchev–Trinajstić information content (AvgIpc) is 2.28. The smallest absolute Gasteiger partial charge is 0.0328 e. The van der Waals surface area contributed by atoms with Crippen molar-refractivity contribution >= 4 is 12.4 Å². The summed E-state index contributed by atoms with van der Waals surface area (Å²) in [6.45, 7) is 6.58. The Morgan fingerprint density at radius 3 is 2.00 bits per heavy atom. The molecule has 18 heavy (non-hydrogen) atoms. The van der Waals surface area contributed by atoms with Crippen LogP contribution in [0.5, 0.6) is 0 Å². The molecule has 1 fully saturated rings. The van der Waals surface area contributed by atoms with Gasteiger partial charge in [-0.05, 0) is 56.2 Å². The van der Waals surface area contributed by atoms with E-state index in [2.05, 4.69) is 32.9 Å². The first-order chi connectivity index (χ1) is 8.09. The van der Waals surface area contributed by atoms with E-state index in [1.54, 1.807) is 0 Å². The van der Waals surface area contributed by atoms with Gasteiger partial charge in [0.1, 0.15) is 0 Å². The van der Waals surface area contributed by atoms with Crippen molar-refractivity contribution in [3.63, 3.8) is 0 Å². The number of hydrogen-bond acceptors (Lipinski definition) is 1. The van der Waals surface area contributed by atoms with Crippen LogP contribution < -0.4 is 5.73 Å². The third-order valence-electron chi connectivity index (χ3n) is 4.23. The molecule has 2 heteroatoms. The van der Waals surface area contributed by atoms with E-state index in [0.29, 0.717) is 5.92 Å². The van der Waals surface area contributed by atoms with Crippen molar-refractivity contribution in [3.8, 4) is 0 Å². The molecular formula is C16H26ClN. The van der Waals surface area contributed by atoms with E-state index in [0.717, 1.165) is 0 Å². The van der Waals surface area contributed by atoms with Crippen molar-refractivity contribution in [3.05, 3.63) is 34.4 Å². The van der Waals surface area contributed by atoms with Crippen LogP contribution >= 0.6 is 12.4 Å². The lowest BCUT2D eigenvalue weighted by atomic mass is 9.79. The molecule has 0 aromatic heterocycles. The van der Waals surface area contributed by atoms with Crippen molar-refractivity contribution in [2.24, 2.45) is 11.7 Å². The van der Waals surface area contributed by atoms with Gasteiger partial charge in [0, 0.05) is 6.04 Å². The number of aryl methyl sites for hydroxylation is 3. The SMILES string of the molecule is Cc1cc(C)c([C@@H](N)C2CCCCC2)c(C)c1.Cl. The summed E-state index contributed by atoms with van der Waals surface area (Å²) in [5.41, 5.74) is 12.0. The lowest BCUT2D eigenvalue weighted by Crippen LogP contribution is -2.25.